The number of amides is 1. The van der Waals surface area contributed by atoms with Crippen molar-refractivity contribution in [1.29, 1.82) is 0 Å². The molecule has 0 radical (unpaired) electrons. The molecule has 100 valence electrons. The number of carbonyl (C=O) groups is 1. The van der Waals surface area contributed by atoms with Crippen molar-refractivity contribution in [3.63, 3.8) is 0 Å². The first-order chi connectivity index (χ1) is 9.24. The van der Waals surface area contributed by atoms with Gasteiger partial charge in [-0.05, 0) is 24.6 Å². The summed E-state index contributed by atoms with van der Waals surface area (Å²) in [4.78, 5) is 16.5. The van der Waals surface area contributed by atoms with Crippen LogP contribution in [-0.2, 0) is 11.3 Å². The van der Waals surface area contributed by atoms with E-state index >= 15 is 0 Å². The number of carbonyl (C=O) groups excluding carboxylic acids is 1. The van der Waals surface area contributed by atoms with Crippen LogP contribution in [0.4, 0.5) is 0 Å². The molecule has 1 aromatic carbocycles. The molecule has 0 saturated carbocycles. The van der Waals surface area contributed by atoms with Gasteiger partial charge in [0.15, 0.2) is 0 Å². The lowest BCUT2D eigenvalue weighted by Gasteiger charge is -2.32. The quantitative estimate of drug-likeness (QED) is 0.814. The predicted octanol–water partition coefficient (Wildman–Crippen LogP) is 1.42. The SMILES string of the molecule is CN1CCN(C(=O)Cn2ccc3ccccc32)CC1. The topological polar surface area (TPSA) is 28.5 Å². The van der Waals surface area contributed by atoms with Crippen LogP contribution in [0.5, 0.6) is 0 Å². The van der Waals surface area contributed by atoms with Crippen molar-refractivity contribution < 1.29 is 4.79 Å². The molecule has 0 N–H and O–H groups in total. The Balaban J connectivity index is 1.72. The fraction of sp³-hybridized carbons (Fsp3) is 0.400. The summed E-state index contributed by atoms with van der Waals surface area (Å²) in [6.07, 6.45) is 2.00. The lowest BCUT2D eigenvalue weighted by molar-refractivity contribution is -0.133. The Bertz CT molecular complexity index is 582. The molecule has 3 rings (SSSR count). The molecule has 0 unspecified atom stereocenters. The van der Waals surface area contributed by atoms with Gasteiger partial charge in [-0.25, -0.2) is 0 Å². The van der Waals surface area contributed by atoms with Crippen molar-refractivity contribution in [2.24, 2.45) is 0 Å². The van der Waals surface area contributed by atoms with Gasteiger partial charge in [0.05, 0.1) is 0 Å². The number of hydrogen-bond acceptors (Lipinski definition) is 2. The number of benzene rings is 1. The Kier molecular flexibility index (Phi) is 3.25. The van der Waals surface area contributed by atoms with E-state index in [4.69, 9.17) is 0 Å². The maximum atomic E-state index is 12.3. The van der Waals surface area contributed by atoms with Gasteiger partial charge in [-0.2, -0.15) is 0 Å². The van der Waals surface area contributed by atoms with Crippen LogP contribution >= 0.6 is 0 Å². The minimum atomic E-state index is 0.217. The molecule has 4 nitrogen and oxygen atoms in total. The molecule has 1 aliphatic heterocycles. The molecule has 1 amide bonds. The first kappa shape index (κ1) is 12.2. The molecule has 19 heavy (non-hydrogen) atoms. The van der Waals surface area contributed by atoms with Crippen molar-refractivity contribution in [3.05, 3.63) is 36.5 Å². The van der Waals surface area contributed by atoms with Crippen LogP contribution in [0.25, 0.3) is 10.9 Å². The van der Waals surface area contributed by atoms with Crippen molar-refractivity contribution in [3.8, 4) is 0 Å². The zero-order chi connectivity index (χ0) is 13.2. The smallest absolute Gasteiger partial charge is 0.242 e. The highest BCUT2D eigenvalue weighted by Crippen LogP contribution is 2.15. The molecule has 1 aliphatic rings. The first-order valence-electron chi connectivity index (χ1n) is 6.74. The molecule has 1 fully saturated rings. The largest absolute Gasteiger partial charge is 0.339 e. The molecule has 1 saturated heterocycles. The van der Waals surface area contributed by atoms with Crippen molar-refractivity contribution in [1.82, 2.24) is 14.4 Å². The highest BCUT2D eigenvalue weighted by molar-refractivity contribution is 5.83. The van der Waals surface area contributed by atoms with E-state index in [-0.39, 0.29) is 5.91 Å². The number of hydrogen-bond donors (Lipinski definition) is 0. The third-order valence-corrected chi connectivity index (χ3v) is 3.84. The maximum Gasteiger partial charge on any atom is 0.242 e. The molecular formula is C15H19N3O. The lowest BCUT2D eigenvalue weighted by atomic mass is 10.2. The number of likely N-dealkylation sites (N-methyl/N-ethyl adjacent to an activating group) is 1. The third kappa shape index (κ3) is 2.49. The molecule has 4 heteroatoms. The zero-order valence-corrected chi connectivity index (χ0v) is 11.2. The Morgan fingerprint density at radius 3 is 2.63 bits per heavy atom. The Morgan fingerprint density at radius 2 is 1.84 bits per heavy atom. The molecule has 0 aliphatic carbocycles. The summed E-state index contributed by atoms with van der Waals surface area (Å²) in [5.41, 5.74) is 1.13. The van der Waals surface area contributed by atoms with Crippen molar-refractivity contribution >= 4 is 16.8 Å². The van der Waals surface area contributed by atoms with Gasteiger partial charge in [0.1, 0.15) is 6.54 Å². The van der Waals surface area contributed by atoms with Crippen LogP contribution in [0.2, 0.25) is 0 Å². The molecule has 1 aromatic heterocycles. The van der Waals surface area contributed by atoms with Crippen LogP contribution in [0.15, 0.2) is 36.5 Å². The van der Waals surface area contributed by atoms with E-state index in [2.05, 4.69) is 30.1 Å². The average molecular weight is 257 g/mol. The van der Waals surface area contributed by atoms with Gasteiger partial charge in [-0.3, -0.25) is 4.79 Å². The highest BCUT2D eigenvalue weighted by Gasteiger charge is 2.19. The second-order valence-corrected chi connectivity index (χ2v) is 5.19. The summed E-state index contributed by atoms with van der Waals surface area (Å²) in [6, 6.07) is 10.2. The van der Waals surface area contributed by atoms with Gasteiger partial charge in [-0.15, -0.1) is 0 Å². The number of para-hydroxylation sites is 1. The summed E-state index contributed by atoms with van der Waals surface area (Å²) < 4.78 is 2.04. The number of aromatic nitrogens is 1. The van der Waals surface area contributed by atoms with Gasteiger partial charge in [-0.1, -0.05) is 18.2 Å². The lowest BCUT2D eigenvalue weighted by Crippen LogP contribution is -2.48. The first-order valence-corrected chi connectivity index (χ1v) is 6.74. The summed E-state index contributed by atoms with van der Waals surface area (Å²) in [6.45, 7) is 4.07. The fourth-order valence-corrected chi connectivity index (χ4v) is 2.58. The second-order valence-electron chi connectivity index (χ2n) is 5.19. The van der Waals surface area contributed by atoms with Crippen LogP contribution in [-0.4, -0.2) is 53.5 Å². The standard InChI is InChI=1S/C15H19N3O/c1-16-8-10-17(11-9-16)15(19)12-18-7-6-13-4-2-3-5-14(13)18/h2-7H,8-12H2,1H3. The number of nitrogens with zero attached hydrogens (tertiary/aromatic N) is 3. The maximum absolute atomic E-state index is 12.3. The summed E-state index contributed by atoms with van der Waals surface area (Å²) in [5.74, 6) is 0.217. The highest BCUT2D eigenvalue weighted by atomic mass is 16.2. The third-order valence-electron chi connectivity index (χ3n) is 3.84. The van der Waals surface area contributed by atoms with Crippen molar-refractivity contribution in [2.45, 2.75) is 6.54 Å². The fourth-order valence-electron chi connectivity index (χ4n) is 2.58. The monoisotopic (exact) mass is 257 g/mol. The van der Waals surface area contributed by atoms with E-state index in [1.165, 1.54) is 5.39 Å². The van der Waals surface area contributed by atoms with E-state index in [9.17, 15) is 4.79 Å². The molecule has 0 atom stereocenters. The summed E-state index contributed by atoms with van der Waals surface area (Å²) >= 11 is 0. The van der Waals surface area contributed by atoms with Gasteiger partial charge < -0.3 is 14.4 Å². The number of rotatable bonds is 2. The number of piperazine rings is 1. The van der Waals surface area contributed by atoms with Crippen LogP contribution in [0.1, 0.15) is 0 Å². The molecular weight excluding hydrogens is 238 g/mol. The summed E-state index contributed by atoms with van der Waals surface area (Å²) in [7, 11) is 2.10. The number of fused-ring (bicyclic) bond motifs is 1. The van der Waals surface area contributed by atoms with E-state index in [1.807, 2.05) is 27.8 Å². The van der Waals surface area contributed by atoms with E-state index in [1.54, 1.807) is 0 Å². The summed E-state index contributed by atoms with van der Waals surface area (Å²) in [5, 5.41) is 1.19. The second kappa shape index (κ2) is 5.05. The van der Waals surface area contributed by atoms with Crippen LogP contribution in [0.3, 0.4) is 0 Å². The zero-order valence-electron chi connectivity index (χ0n) is 11.2. The minimum absolute atomic E-state index is 0.217. The molecule has 0 spiro atoms. The molecule has 0 bridgehead atoms. The van der Waals surface area contributed by atoms with Crippen LogP contribution in [0, 0.1) is 0 Å². The Hall–Kier alpha value is -1.81. The minimum Gasteiger partial charge on any atom is -0.339 e. The Morgan fingerprint density at radius 1 is 1.11 bits per heavy atom. The van der Waals surface area contributed by atoms with E-state index in [0.29, 0.717) is 6.54 Å². The molecule has 2 aromatic rings. The van der Waals surface area contributed by atoms with E-state index < -0.39 is 0 Å². The Labute approximate surface area is 113 Å². The normalized spacial score (nSPS) is 17.0. The van der Waals surface area contributed by atoms with Gasteiger partial charge in [0, 0.05) is 37.9 Å². The van der Waals surface area contributed by atoms with Gasteiger partial charge in [0.25, 0.3) is 0 Å². The van der Waals surface area contributed by atoms with Gasteiger partial charge >= 0.3 is 0 Å². The van der Waals surface area contributed by atoms with Crippen LogP contribution < -0.4 is 0 Å². The molecule has 2 heterocycles. The predicted molar refractivity (Wildman–Crippen MR) is 76.0 cm³/mol. The van der Waals surface area contributed by atoms with E-state index in [0.717, 1.165) is 31.7 Å². The average Bonchev–Trinajstić information content (AvgIpc) is 2.83. The van der Waals surface area contributed by atoms with Gasteiger partial charge in [0.2, 0.25) is 5.91 Å². The van der Waals surface area contributed by atoms with Crippen molar-refractivity contribution in [2.75, 3.05) is 33.2 Å².